The Labute approximate surface area is 168 Å². The van der Waals surface area contributed by atoms with Crippen LogP contribution in [0.1, 0.15) is 25.0 Å². The van der Waals surface area contributed by atoms with Crippen molar-refractivity contribution in [3.8, 4) is 0 Å². The largest absolute Gasteiger partial charge is 0.416 e. The molecule has 0 aromatic heterocycles. The van der Waals surface area contributed by atoms with E-state index in [2.05, 4.69) is 5.32 Å². The van der Waals surface area contributed by atoms with Crippen LogP contribution in [-0.4, -0.2) is 23.5 Å². The quantitative estimate of drug-likeness (QED) is 0.532. The third-order valence-electron chi connectivity index (χ3n) is 4.95. The van der Waals surface area contributed by atoms with Gasteiger partial charge in [-0.2, -0.15) is 13.2 Å². The summed E-state index contributed by atoms with van der Waals surface area (Å²) in [5.74, 6) is 0. The molecule has 0 saturated heterocycles. The number of carbonyl (C=O) groups is 1. The second kappa shape index (κ2) is 8.55. The van der Waals surface area contributed by atoms with Gasteiger partial charge >= 0.3 is 12.2 Å². The van der Waals surface area contributed by atoms with Gasteiger partial charge in [-0.05, 0) is 43.4 Å². The predicted molar refractivity (Wildman–Crippen MR) is 110 cm³/mol. The minimum Gasteiger partial charge on any atom is -0.322 e. The minimum absolute atomic E-state index is 0.265. The van der Waals surface area contributed by atoms with Gasteiger partial charge in [-0.3, -0.25) is 0 Å². The molecule has 3 nitrogen and oxygen atoms in total. The molecule has 2 amide bonds. The van der Waals surface area contributed by atoms with Crippen molar-refractivity contribution >= 4 is 22.5 Å². The first kappa shape index (κ1) is 20.7. The summed E-state index contributed by atoms with van der Waals surface area (Å²) in [6.07, 6.45) is -4.05. The van der Waals surface area contributed by atoms with Crippen molar-refractivity contribution in [1.82, 2.24) is 4.90 Å². The van der Waals surface area contributed by atoms with Crippen molar-refractivity contribution in [2.75, 3.05) is 11.9 Å². The molecule has 6 heteroatoms. The number of rotatable bonds is 5. The van der Waals surface area contributed by atoms with Gasteiger partial charge in [0.2, 0.25) is 0 Å². The van der Waals surface area contributed by atoms with Crippen molar-refractivity contribution in [3.05, 3.63) is 77.9 Å². The fourth-order valence-electron chi connectivity index (χ4n) is 3.50. The number of fused-ring (bicyclic) bond motifs is 1. The number of benzene rings is 3. The zero-order chi connectivity index (χ0) is 21.0. The maximum Gasteiger partial charge on any atom is 0.416 e. The van der Waals surface area contributed by atoms with E-state index < -0.39 is 11.7 Å². The number of halogens is 3. The van der Waals surface area contributed by atoms with Crippen molar-refractivity contribution in [2.24, 2.45) is 0 Å². The van der Waals surface area contributed by atoms with Gasteiger partial charge in [0, 0.05) is 18.0 Å². The highest BCUT2D eigenvalue weighted by atomic mass is 19.4. The molecule has 0 fully saturated rings. The highest BCUT2D eigenvalue weighted by Crippen LogP contribution is 2.30. The monoisotopic (exact) mass is 400 g/mol. The maximum atomic E-state index is 13.0. The van der Waals surface area contributed by atoms with E-state index in [0.717, 1.165) is 22.9 Å². The number of alkyl halides is 3. The molecule has 0 radical (unpaired) electrons. The summed E-state index contributed by atoms with van der Waals surface area (Å²) in [7, 11) is 0. The van der Waals surface area contributed by atoms with E-state index in [1.54, 1.807) is 11.0 Å². The molecular weight excluding hydrogens is 377 g/mol. The molecule has 0 aliphatic carbocycles. The van der Waals surface area contributed by atoms with Crippen LogP contribution in [0.25, 0.3) is 10.8 Å². The molecule has 0 saturated carbocycles. The van der Waals surface area contributed by atoms with Crippen LogP contribution in [-0.2, 0) is 12.6 Å². The van der Waals surface area contributed by atoms with E-state index in [9.17, 15) is 18.0 Å². The van der Waals surface area contributed by atoms with Gasteiger partial charge < -0.3 is 10.2 Å². The van der Waals surface area contributed by atoms with Crippen LogP contribution in [0.15, 0.2) is 66.7 Å². The van der Waals surface area contributed by atoms with Crippen molar-refractivity contribution in [2.45, 2.75) is 32.5 Å². The molecule has 0 heterocycles. The van der Waals surface area contributed by atoms with E-state index in [1.165, 1.54) is 6.07 Å². The molecule has 0 aliphatic heterocycles. The van der Waals surface area contributed by atoms with E-state index in [-0.39, 0.29) is 12.1 Å². The van der Waals surface area contributed by atoms with Crippen LogP contribution < -0.4 is 5.32 Å². The second-order valence-electron chi connectivity index (χ2n) is 6.99. The smallest absolute Gasteiger partial charge is 0.322 e. The molecule has 0 bridgehead atoms. The zero-order valence-corrected chi connectivity index (χ0v) is 16.3. The molecule has 0 spiro atoms. The second-order valence-corrected chi connectivity index (χ2v) is 6.99. The Bertz CT molecular complexity index is 995. The Morgan fingerprint density at radius 2 is 1.72 bits per heavy atom. The van der Waals surface area contributed by atoms with Crippen LogP contribution in [0, 0.1) is 0 Å². The number of likely N-dealkylation sites (N-methyl/N-ethyl adjacent to an activating group) is 1. The molecule has 1 N–H and O–H groups in total. The third kappa shape index (κ3) is 4.88. The van der Waals surface area contributed by atoms with Gasteiger partial charge in [0.1, 0.15) is 0 Å². The summed E-state index contributed by atoms with van der Waals surface area (Å²) in [5.41, 5.74) is 0.576. The summed E-state index contributed by atoms with van der Waals surface area (Å²) in [5, 5.41) is 4.90. The average molecular weight is 400 g/mol. The highest BCUT2D eigenvalue weighted by molar-refractivity contribution is 6.01. The van der Waals surface area contributed by atoms with Gasteiger partial charge in [0.25, 0.3) is 0 Å². The van der Waals surface area contributed by atoms with Crippen LogP contribution in [0.2, 0.25) is 0 Å². The lowest BCUT2D eigenvalue weighted by atomic mass is 10.0. The molecule has 0 aliphatic rings. The van der Waals surface area contributed by atoms with Crippen molar-refractivity contribution in [1.29, 1.82) is 0 Å². The Morgan fingerprint density at radius 1 is 1.03 bits per heavy atom. The van der Waals surface area contributed by atoms with E-state index in [0.29, 0.717) is 24.2 Å². The first-order valence-corrected chi connectivity index (χ1v) is 9.51. The van der Waals surface area contributed by atoms with Crippen LogP contribution in [0.4, 0.5) is 23.7 Å². The Balaban J connectivity index is 1.75. The first-order chi connectivity index (χ1) is 13.8. The maximum absolute atomic E-state index is 13.0. The number of nitrogens with one attached hydrogen (secondary N) is 1. The number of hydrogen-bond acceptors (Lipinski definition) is 1. The standard InChI is InChI=1S/C23H23F3N2O/c1-3-28(16(2)14-17-8-6-11-19(15-17)23(24,25)26)22(29)27-21-13-7-10-18-9-4-5-12-20(18)21/h4-13,15-16H,3,14H2,1-2H3,(H,27,29). The van der Waals surface area contributed by atoms with E-state index >= 15 is 0 Å². The van der Waals surface area contributed by atoms with E-state index in [1.807, 2.05) is 56.3 Å². The molecular formula is C23H23F3N2O. The molecule has 152 valence electrons. The Kier molecular flexibility index (Phi) is 6.11. The number of nitrogens with zero attached hydrogens (tertiary/aromatic N) is 1. The Morgan fingerprint density at radius 3 is 2.45 bits per heavy atom. The topological polar surface area (TPSA) is 32.3 Å². The summed E-state index contributed by atoms with van der Waals surface area (Å²) in [6.45, 7) is 4.13. The normalized spacial score (nSPS) is 12.6. The Hall–Kier alpha value is -3.02. The molecule has 3 rings (SSSR count). The zero-order valence-electron chi connectivity index (χ0n) is 16.3. The highest BCUT2D eigenvalue weighted by Gasteiger charge is 2.30. The fraction of sp³-hybridized carbons (Fsp3) is 0.261. The van der Waals surface area contributed by atoms with Crippen LogP contribution in [0.5, 0.6) is 0 Å². The molecule has 3 aromatic rings. The third-order valence-corrected chi connectivity index (χ3v) is 4.95. The average Bonchev–Trinajstić information content (AvgIpc) is 2.68. The van der Waals surface area contributed by atoms with Gasteiger partial charge in [-0.15, -0.1) is 0 Å². The lowest BCUT2D eigenvalue weighted by molar-refractivity contribution is -0.137. The van der Waals surface area contributed by atoms with E-state index in [4.69, 9.17) is 0 Å². The predicted octanol–water partition coefficient (Wildman–Crippen LogP) is 6.34. The van der Waals surface area contributed by atoms with Gasteiger partial charge in [0.05, 0.1) is 11.3 Å². The van der Waals surface area contributed by atoms with Crippen molar-refractivity contribution in [3.63, 3.8) is 0 Å². The van der Waals surface area contributed by atoms with Gasteiger partial charge in [0.15, 0.2) is 0 Å². The van der Waals surface area contributed by atoms with Crippen molar-refractivity contribution < 1.29 is 18.0 Å². The number of hydrogen-bond donors (Lipinski definition) is 1. The molecule has 1 unspecified atom stereocenters. The lowest BCUT2D eigenvalue weighted by Gasteiger charge is -2.29. The number of anilines is 1. The minimum atomic E-state index is -4.38. The molecule has 3 aromatic carbocycles. The number of urea groups is 1. The lowest BCUT2D eigenvalue weighted by Crippen LogP contribution is -2.42. The number of carbonyl (C=O) groups excluding carboxylic acids is 1. The summed E-state index contributed by atoms with van der Waals surface area (Å²) in [6, 6.07) is 18.2. The first-order valence-electron chi connectivity index (χ1n) is 9.51. The summed E-state index contributed by atoms with van der Waals surface area (Å²) in [4.78, 5) is 14.5. The number of amides is 2. The SMILES string of the molecule is CCN(C(=O)Nc1cccc2ccccc12)C(C)Cc1cccc(C(F)(F)F)c1. The molecule has 29 heavy (non-hydrogen) atoms. The fourth-order valence-corrected chi connectivity index (χ4v) is 3.50. The molecule has 1 atom stereocenters. The van der Waals surface area contributed by atoms with Crippen LogP contribution in [0.3, 0.4) is 0 Å². The van der Waals surface area contributed by atoms with Gasteiger partial charge in [-0.1, -0.05) is 54.6 Å². The summed E-state index contributed by atoms with van der Waals surface area (Å²) < 4.78 is 38.9. The van der Waals surface area contributed by atoms with Gasteiger partial charge in [-0.25, -0.2) is 4.79 Å². The summed E-state index contributed by atoms with van der Waals surface area (Å²) >= 11 is 0. The van der Waals surface area contributed by atoms with Crippen LogP contribution >= 0.6 is 0 Å².